The molecule has 24 heavy (non-hydrogen) atoms. The maximum atomic E-state index is 12.1. The molecular formula is C16H16N2O6. The number of nitrogens with one attached hydrogen (secondary N) is 1. The molecule has 1 amide bonds. The number of hydrogen-bond acceptors (Lipinski definition) is 7. The number of rotatable bonds is 5. The number of phenols is 4. The van der Waals surface area contributed by atoms with Gasteiger partial charge >= 0.3 is 0 Å². The largest absolute Gasteiger partial charge is 0.504 e. The van der Waals surface area contributed by atoms with Crippen LogP contribution < -0.4 is 5.43 Å². The maximum Gasteiger partial charge on any atom is 0.269 e. The van der Waals surface area contributed by atoms with Gasteiger partial charge in [0.15, 0.2) is 29.3 Å². The van der Waals surface area contributed by atoms with Gasteiger partial charge in [0.05, 0.1) is 11.1 Å². The Morgan fingerprint density at radius 3 is 2.42 bits per heavy atom. The van der Waals surface area contributed by atoms with Crippen molar-refractivity contribution in [1.82, 2.24) is 10.4 Å². The van der Waals surface area contributed by atoms with Crippen molar-refractivity contribution in [2.75, 3.05) is 7.05 Å². The minimum absolute atomic E-state index is 0.0488. The number of amides is 1. The van der Waals surface area contributed by atoms with E-state index in [-0.39, 0.29) is 17.7 Å². The highest BCUT2D eigenvalue weighted by atomic mass is 16.3. The number of carbonyl (C=O) groups excluding carboxylic acids is 2. The van der Waals surface area contributed by atoms with Gasteiger partial charge in [-0.15, -0.1) is 0 Å². The summed E-state index contributed by atoms with van der Waals surface area (Å²) in [6.45, 7) is 0.0488. The highest BCUT2D eigenvalue weighted by molar-refractivity contribution is 5.97. The Labute approximate surface area is 137 Å². The van der Waals surface area contributed by atoms with E-state index in [0.717, 1.165) is 0 Å². The van der Waals surface area contributed by atoms with E-state index in [1.807, 2.05) is 0 Å². The lowest BCUT2D eigenvalue weighted by atomic mass is 10.1. The SMILES string of the molecule is CN(Cc1ccc(O)c(O)c1C=O)NC(=O)c1cccc(O)c1O. The molecule has 2 aromatic carbocycles. The molecule has 0 spiro atoms. The topological polar surface area (TPSA) is 130 Å². The molecule has 5 N–H and O–H groups in total. The number of para-hydroxylation sites is 1. The second-order valence-electron chi connectivity index (χ2n) is 5.09. The smallest absolute Gasteiger partial charge is 0.269 e. The Hall–Kier alpha value is -3.26. The number of hydrogen-bond donors (Lipinski definition) is 5. The van der Waals surface area contributed by atoms with Gasteiger partial charge in [-0.25, -0.2) is 5.01 Å². The molecule has 2 rings (SSSR count). The third kappa shape index (κ3) is 3.39. The second kappa shape index (κ2) is 6.88. The second-order valence-corrected chi connectivity index (χ2v) is 5.09. The van der Waals surface area contributed by atoms with Crippen molar-refractivity contribution < 1.29 is 30.0 Å². The molecule has 8 nitrogen and oxygen atoms in total. The van der Waals surface area contributed by atoms with E-state index in [4.69, 9.17) is 0 Å². The summed E-state index contributed by atoms with van der Waals surface area (Å²) in [4.78, 5) is 23.2. The summed E-state index contributed by atoms with van der Waals surface area (Å²) < 4.78 is 0. The average Bonchev–Trinajstić information content (AvgIpc) is 2.53. The first-order valence-electron chi connectivity index (χ1n) is 6.87. The summed E-state index contributed by atoms with van der Waals surface area (Å²) in [6, 6.07) is 6.65. The van der Waals surface area contributed by atoms with Gasteiger partial charge in [0, 0.05) is 13.6 Å². The van der Waals surface area contributed by atoms with Crippen LogP contribution in [0.3, 0.4) is 0 Å². The van der Waals surface area contributed by atoms with Crippen LogP contribution in [0.2, 0.25) is 0 Å². The lowest BCUT2D eigenvalue weighted by Crippen LogP contribution is -2.38. The molecule has 0 saturated heterocycles. The first kappa shape index (κ1) is 17.1. The number of nitrogens with zero attached hydrogens (tertiary/aromatic N) is 1. The van der Waals surface area contributed by atoms with Crippen molar-refractivity contribution >= 4 is 12.2 Å². The van der Waals surface area contributed by atoms with E-state index in [9.17, 15) is 30.0 Å². The molecule has 0 aliphatic heterocycles. The molecule has 2 aromatic rings. The van der Waals surface area contributed by atoms with Gasteiger partial charge in [0.1, 0.15) is 0 Å². The van der Waals surface area contributed by atoms with E-state index in [0.29, 0.717) is 11.8 Å². The van der Waals surface area contributed by atoms with Crippen LogP contribution in [0, 0.1) is 0 Å². The van der Waals surface area contributed by atoms with E-state index < -0.39 is 28.9 Å². The normalized spacial score (nSPS) is 10.6. The number of benzene rings is 2. The van der Waals surface area contributed by atoms with Gasteiger partial charge in [-0.3, -0.25) is 15.0 Å². The van der Waals surface area contributed by atoms with Gasteiger partial charge in [-0.1, -0.05) is 12.1 Å². The van der Waals surface area contributed by atoms with Crippen LogP contribution in [0.4, 0.5) is 0 Å². The lowest BCUT2D eigenvalue weighted by molar-refractivity contribution is 0.0816. The van der Waals surface area contributed by atoms with Crippen molar-refractivity contribution in [1.29, 1.82) is 0 Å². The van der Waals surface area contributed by atoms with Crippen LogP contribution in [0.5, 0.6) is 23.0 Å². The Kier molecular flexibility index (Phi) is 4.90. The maximum absolute atomic E-state index is 12.1. The number of phenolic OH excluding ortho intramolecular Hbond substituents is 4. The summed E-state index contributed by atoms with van der Waals surface area (Å²) in [5.41, 5.74) is 2.63. The molecule has 8 heteroatoms. The van der Waals surface area contributed by atoms with Crippen molar-refractivity contribution in [3.8, 4) is 23.0 Å². The zero-order valence-electron chi connectivity index (χ0n) is 12.7. The van der Waals surface area contributed by atoms with Crippen molar-refractivity contribution in [2.45, 2.75) is 6.54 Å². The van der Waals surface area contributed by atoms with Crippen LogP contribution in [-0.4, -0.2) is 44.7 Å². The Morgan fingerprint density at radius 1 is 1.08 bits per heavy atom. The van der Waals surface area contributed by atoms with Crippen molar-refractivity contribution in [3.63, 3.8) is 0 Å². The number of hydrazine groups is 1. The number of aromatic hydroxyl groups is 4. The van der Waals surface area contributed by atoms with Gasteiger partial charge < -0.3 is 20.4 Å². The quantitative estimate of drug-likeness (QED) is 0.315. The first-order valence-corrected chi connectivity index (χ1v) is 6.87. The Morgan fingerprint density at radius 2 is 1.75 bits per heavy atom. The molecule has 0 radical (unpaired) electrons. The highest BCUT2D eigenvalue weighted by Gasteiger charge is 2.17. The van der Waals surface area contributed by atoms with Gasteiger partial charge in [-0.2, -0.15) is 0 Å². The van der Waals surface area contributed by atoms with Crippen LogP contribution in [0.25, 0.3) is 0 Å². The number of carbonyl (C=O) groups is 2. The predicted molar refractivity (Wildman–Crippen MR) is 83.9 cm³/mol. The van der Waals surface area contributed by atoms with Gasteiger partial charge in [0.2, 0.25) is 0 Å². The third-order valence-electron chi connectivity index (χ3n) is 3.36. The minimum atomic E-state index is -0.665. The van der Waals surface area contributed by atoms with E-state index in [1.165, 1.54) is 42.4 Å². The molecule has 126 valence electrons. The highest BCUT2D eigenvalue weighted by Crippen LogP contribution is 2.31. The summed E-state index contributed by atoms with van der Waals surface area (Å²) in [5.74, 6) is -2.58. The molecule has 0 fully saturated rings. The van der Waals surface area contributed by atoms with Crippen LogP contribution in [-0.2, 0) is 6.54 Å². The fraction of sp³-hybridized carbons (Fsp3) is 0.125. The van der Waals surface area contributed by atoms with Gasteiger partial charge in [0.25, 0.3) is 5.91 Å². The summed E-state index contributed by atoms with van der Waals surface area (Å²) >= 11 is 0. The van der Waals surface area contributed by atoms with Gasteiger partial charge in [-0.05, 0) is 23.8 Å². The molecule has 0 bridgehead atoms. The standard InChI is InChI=1S/C16H16N2O6/c1-18(7-9-5-6-13(21)15(23)11(9)8-19)17-16(24)10-3-2-4-12(20)14(10)22/h2-6,8,20-23H,7H2,1H3,(H,17,24). The van der Waals surface area contributed by atoms with E-state index in [2.05, 4.69) is 5.43 Å². The summed E-state index contributed by atoms with van der Waals surface area (Å²) in [6.07, 6.45) is 0.404. The Balaban J connectivity index is 2.15. The molecule has 0 saturated carbocycles. The molecule has 0 aliphatic carbocycles. The molecule has 0 aliphatic rings. The monoisotopic (exact) mass is 332 g/mol. The lowest BCUT2D eigenvalue weighted by Gasteiger charge is -2.20. The molecule has 0 heterocycles. The minimum Gasteiger partial charge on any atom is -0.504 e. The van der Waals surface area contributed by atoms with Crippen molar-refractivity contribution in [2.24, 2.45) is 0 Å². The molecule has 0 aromatic heterocycles. The fourth-order valence-corrected chi connectivity index (χ4v) is 2.15. The average molecular weight is 332 g/mol. The van der Waals surface area contributed by atoms with Crippen LogP contribution in [0.15, 0.2) is 30.3 Å². The predicted octanol–water partition coefficient (Wildman–Crippen LogP) is 1.10. The molecular weight excluding hydrogens is 316 g/mol. The van der Waals surface area contributed by atoms with Crippen LogP contribution in [0.1, 0.15) is 26.3 Å². The summed E-state index contributed by atoms with van der Waals surface area (Å²) in [5, 5.41) is 39.5. The van der Waals surface area contributed by atoms with E-state index >= 15 is 0 Å². The zero-order valence-corrected chi connectivity index (χ0v) is 12.7. The van der Waals surface area contributed by atoms with Crippen LogP contribution >= 0.6 is 0 Å². The van der Waals surface area contributed by atoms with Crippen molar-refractivity contribution in [3.05, 3.63) is 47.0 Å². The zero-order chi connectivity index (χ0) is 17.9. The molecule has 0 atom stereocenters. The first-order chi connectivity index (χ1) is 11.3. The molecule has 0 unspecified atom stereocenters. The fourth-order valence-electron chi connectivity index (χ4n) is 2.15. The number of aldehydes is 1. The Bertz CT molecular complexity index is 790. The summed E-state index contributed by atoms with van der Waals surface area (Å²) in [7, 11) is 1.51. The van der Waals surface area contributed by atoms with E-state index in [1.54, 1.807) is 0 Å². The third-order valence-corrected chi connectivity index (χ3v) is 3.36.